The number of nitrogens with zero attached hydrogens (tertiary/aromatic N) is 6. The summed E-state index contributed by atoms with van der Waals surface area (Å²) < 4.78 is 84.6. The summed E-state index contributed by atoms with van der Waals surface area (Å²) in [5.74, 6) is -1.43. The van der Waals surface area contributed by atoms with Crippen molar-refractivity contribution >= 4 is 45.9 Å². The van der Waals surface area contributed by atoms with Crippen LogP contribution in [-0.2, 0) is 31.1 Å². The standard InChI is InChI=1S/C28H31BrF6N6O3.ClH/c1-3-40(14-17-4-6-19(7-5-17)25(42)43)24-9-8-23(44-28(33,34)35)12-20(24)16-41(26-36-38-39(2)37-26)15-18-10-21(27(30,31)32)13-22(29)11-18;/h8-13,17,19H,3-7,14-16H2,1-2H3,(H,42,43);1H. The number of ether oxygens (including phenoxy) is 1. The van der Waals surface area contributed by atoms with Crippen LogP contribution in [0.2, 0.25) is 0 Å². The van der Waals surface area contributed by atoms with E-state index in [0.717, 1.165) is 12.1 Å². The van der Waals surface area contributed by atoms with Gasteiger partial charge in [-0.15, -0.1) is 30.7 Å². The molecule has 248 valence electrons. The first-order valence-electron chi connectivity index (χ1n) is 13.8. The normalized spacial score (nSPS) is 17.0. The predicted molar refractivity (Wildman–Crippen MR) is 159 cm³/mol. The summed E-state index contributed by atoms with van der Waals surface area (Å²) in [4.78, 5) is 16.1. The number of hydrogen-bond donors (Lipinski definition) is 1. The van der Waals surface area contributed by atoms with Gasteiger partial charge in [-0.2, -0.15) is 18.0 Å². The molecule has 1 aliphatic carbocycles. The Balaban J connectivity index is 0.00000552. The van der Waals surface area contributed by atoms with Gasteiger partial charge in [-0.05, 0) is 91.3 Å². The Morgan fingerprint density at radius 1 is 1.04 bits per heavy atom. The molecule has 0 spiro atoms. The number of benzene rings is 2. The van der Waals surface area contributed by atoms with E-state index in [0.29, 0.717) is 50.0 Å². The SMILES string of the molecule is CCN(CC1CCC(C(=O)O)CC1)c1ccc(OC(F)(F)F)cc1CN(Cc1cc(Br)cc(C(F)(F)F)c1)c1nnn(C)n1.Cl. The Bertz CT molecular complexity index is 1450. The minimum atomic E-state index is -4.94. The number of rotatable bonds is 11. The molecule has 1 fully saturated rings. The quantitative estimate of drug-likeness (QED) is 0.207. The zero-order valence-corrected chi connectivity index (χ0v) is 26.7. The second kappa shape index (κ2) is 14.9. The van der Waals surface area contributed by atoms with Gasteiger partial charge in [0.1, 0.15) is 5.75 Å². The molecular weight excluding hydrogens is 698 g/mol. The molecule has 0 radical (unpaired) electrons. The molecule has 1 aromatic heterocycles. The van der Waals surface area contributed by atoms with Crippen molar-refractivity contribution in [3.63, 3.8) is 0 Å². The van der Waals surface area contributed by atoms with Crippen molar-refractivity contribution < 1.29 is 41.0 Å². The number of alkyl halides is 6. The summed E-state index contributed by atoms with van der Waals surface area (Å²) in [6, 6.07) is 7.43. The van der Waals surface area contributed by atoms with Crippen LogP contribution in [-0.4, -0.2) is 50.7 Å². The Morgan fingerprint density at radius 2 is 1.73 bits per heavy atom. The van der Waals surface area contributed by atoms with Crippen LogP contribution in [0.25, 0.3) is 0 Å². The molecule has 0 bridgehead atoms. The van der Waals surface area contributed by atoms with Crippen molar-refractivity contribution in [1.29, 1.82) is 0 Å². The van der Waals surface area contributed by atoms with Gasteiger partial charge in [0.2, 0.25) is 0 Å². The van der Waals surface area contributed by atoms with Gasteiger partial charge in [-0.25, -0.2) is 0 Å². The van der Waals surface area contributed by atoms with Crippen LogP contribution in [0, 0.1) is 11.8 Å². The maximum Gasteiger partial charge on any atom is 0.573 e. The van der Waals surface area contributed by atoms with E-state index in [1.165, 1.54) is 41.0 Å². The van der Waals surface area contributed by atoms with Gasteiger partial charge in [0, 0.05) is 36.3 Å². The number of aromatic nitrogens is 4. The fraction of sp³-hybridized carbons (Fsp3) is 0.500. The lowest BCUT2D eigenvalue weighted by Crippen LogP contribution is -2.34. The summed E-state index contributed by atoms with van der Waals surface area (Å²) in [7, 11) is 1.51. The van der Waals surface area contributed by atoms with E-state index >= 15 is 0 Å². The molecule has 45 heavy (non-hydrogen) atoms. The first kappa shape index (κ1) is 36.2. The molecule has 0 aliphatic heterocycles. The maximum absolute atomic E-state index is 13.6. The summed E-state index contributed by atoms with van der Waals surface area (Å²) in [6.07, 6.45) is -7.07. The van der Waals surface area contributed by atoms with E-state index in [-0.39, 0.29) is 53.3 Å². The molecule has 1 N–H and O–H groups in total. The number of anilines is 2. The lowest BCUT2D eigenvalue weighted by Gasteiger charge is -2.34. The number of carboxylic acid groups (broad SMARTS) is 1. The highest BCUT2D eigenvalue weighted by Crippen LogP contribution is 2.36. The Morgan fingerprint density at radius 3 is 2.29 bits per heavy atom. The van der Waals surface area contributed by atoms with Crippen LogP contribution in [0.15, 0.2) is 40.9 Å². The number of carboxylic acids is 1. The molecule has 0 unspecified atom stereocenters. The molecule has 0 saturated heterocycles. The fourth-order valence-electron chi connectivity index (χ4n) is 5.42. The van der Waals surface area contributed by atoms with E-state index < -0.39 is 29.8 Å². The van der Waals surface area contributed by atoms with Crippen LogP contribution in [0.3, 0.4) is 0 Å². The molecule has 0 amide bonds. The van der Waals surface area contributed by atoms with Crippen LogP contribution < -0.4 is 14.5 Å². The molecule has 9 nitrogen and oxygen atoms in total. The van der Waals surface area contributed by atoms with Crippen LogP contribution in [0.5, 0.6) is 5.75 Å². The summed E-state index contributed by atoms with van der Waals surface area (Å²) in [6.45, 7) is 2.72. The van der Waals surface area contributed by atoms with E-state index in [2.05, 4.69) is 36.1 Å². The van der Waals surface area contributed by atoms with Crippen LogP contribution >= 0.6 is 28.3 Å². The second-order valence-corrected chi connectivity index (χ2v) is 11.6. The van der Waals surface area contributed by atoms with Crippen LogP contribution in [0.4, 0.5) is 38.0 Å². The number of hydrogen-bond acceptors (Lipinski definition) is 7. The molecule has 17 heteroatoms. The monoisotopic (exact) mass is 728 g/mol. The summed E-state index contributed by atoms with van der Waals surface area (Å²) >= 11 is 3.13. The molecule has 1 heterocycles. The third kappa shape index (κ3) is 10.1. The minimum Gasteiger partial charge on any atom is -0.481 e. The molecule has 1 aliphatic rings. The lowest BCUT2D eigenvalue weighted by atomic mass is 9.81. The highest BCUT2D eigenvalue weighted by atomic mass is 79.9. The molecular formula is C28H32BrClF6N6O3. The van der Waals surface area contributed by atoms with Gasteiger partial charge >= 0.3 is 18.5 Å². The predicted octanol–water partition coefficient (Wildman–Crippen LogP) is 7.24. The lowest BCUT2D eigenvalue weighted by molar-refractivity contribution is -0.274. The van der Waals surface area contributed by atoms with Crippen molar-refractivity contribution in [1.82, 2.24) is 20.2 Å². The molecule has 0 atom stereocenters. The Kier molecular flexibility index (Phi) is 12.0. The van der Waals surface area contributed by atoms with Gasteiger partial charge in [0.25, 0.3) is 5.95 Å². The topological polar surface area (TPSA) is 96.6 Å². The number of halogens is 8. The summed E-state index contributed by atoms with van der Waals surface area (Å²) in [5.41, 5.74) is 0.378. The van der Waals surface area contributed by atoms with E-state index in [1.54, 1.807) is 0 Å². The molecule has 1 saturated carbocycles. The van der Waals surface area contributed by atoms with Crippen molar-refractivity contribution in [2.75, 3.05) is 22.9 Å². The zero-order valence-electron chi connectivity index (χ0n) is 24.3. The molecule has 4 rings (SSSR count). The van der Waals surface area contributed by atoms with E-state index in [1.807, 2.05) is 11.8 Å². The average molecular weight is 730 g/mol. The zero-order chi connectivity index (χ0) is 32.2. The first-order chi connectivity index (χ1) is 20.6. The first-order valence-corrected chi connectivity index (χ1v) is 14.6. The Hall–Kier alpha value is -3.27. The smallest absolute Gasteiger partial charge is 0.481 e. The minimum absolute atomic E-state index is 0. The number of aryl methyl sites for hydroxylation is 1. The fourth-order valence-corrected chi connectivity index (χ4v) is 5.97. The average Bonchev–Trinajstić information content (AvgIpc) is 3.36. The third-order valence-electron chi connectivity index (χ3n) is 7.48. The van der Waals surface area contributed by atoms with Gasteiger partial charge in [0.05, 0.1) is 18.5 Å². The highest BCUT2D eigenvalue weighted by Gasteiger charge is 2.33. The molecule has 2 aromatic carbocycles. The van der Waals surface area contributed by atoms with Gasteiger partial charge in [-0.3, -0.25) is 4.79 Å². The van der Waals surface area contributed by atoms with Gasteiger partial charge in [-0.1, -0.05) is 21.0 Å². The van der Waals surface area contributed by atoms with Gasteiger partial charge in [0.15, 0.2) is 0 Å². The van der Waals surface area contributed by atoms with Gasteiger partial charge < -0.3 is 19.6 Å². The third-order valence-corrected chi connectivity index (χ3v) is 7.94. The Labute approximate surface area is 270 Å². The second-order valence-electron chi connectivity index (χ2n) is 10.7. The number of aliphatic carboxylic acids is 1. The van der Waals surface area contributed by atoms with Crippen molar-refractivity contribution in [2.24, 2.45) is 18.9 Å². The van der Waals surface area contributed by atoms with E-state index in [4.69, 9.17) is 0 Å². The van der Waals surface area contributed by atoms with Crippen molar-refractivity contribution in [2.45, 2.75) is 58.2 Å². The maximum atomic E-state index is 13.6. The van der Waals surface area contributed by atoms with Crippen molar-refractivity contribution in [3.05, 3.63) is 57.6 Å². The number of tetrazole rings is 1. The highest BCUT2D eigenvalue weighted by molar-refractivity contribution is 9.10. The summed E-state index contributed by atoms with van der Waals surface area (Å²) in [5, 5.41) is 21.4. The number of carbonyl (C=O) groups is 1. The van der Waals surface area contributed by atoms with Crippen molar-refractivity contribution in [3.8, 4) is 5.75 Å². The van der Waals surface area contributed by atoms with E-state index in [9.17, 15) is 36.2 Å². The van der Waals surface area contributed by atoms with Crippen LogP contribution in [0.1, 0.15) is 49.3 Å². The largest absolute Gasteiger partial charge is 0.573 e. The molecule has 3 aromatic rings.